The molecule has 0 radical (unpaired) electrons. The third-order valence-corrected chi connectivity index (χ3v) is 2.04. The number of Topliss-reactive ketones (excluding diaryl/α,β-unsaturated/α-hetero) is 1. The summed E-state index contributed by atoms with van der Waals surface area (Å²) in [7, 11) is 0. The summed E-state index contributed by atoms with van der Waals surface area (Å²) in [6, 6.07) is 9.93. The van der Waals surface area contributed by atoms with Crippen LogP contribution in [0.25, 0.3) is 0 Å². The Kier molecular flexibility index (Phi) is 4.41. The molecule has 0 fully saturated rings. The van der Waals surface area contributed by atoms with Gasteiger partial charge in [-0.25, -0.2) is 0 Å². The lowest BCUT2D eigenvalue weighted by Crippen LogP contribution is -1.98. The van der Waals surface area contributed by atoms with E-state index in [0.29, 0.717) is 17.7 Å². The zero-order valence-corrected chi connectivity index (χ0v) is 9.27. The number of hydrogen-bond acceptors (Lipinski definition) is 5. The Morgan fingerprint density at radius 3 is 2.35 bits per heavy atom. The second-order valence-corrected chi connectivity index (χ2v) is 3.15. The largest absolute Gasteiger partial charge is 0.294 e. The van der Waals surface area contributed by atoms with Gasteiger partial charge in [-0.15, -0.1) is 0 Å². The minimum Gasteiger partial charge on any atom is -0.294 e. The van der Waals surface area contributed by atoms with Crippen LogP contribution >= 0.6 is 0 Å². The first kappa shape index (κ1) is 12.4. The molecule has 0 aliphatic carbocycles. The summed E-state index contributed by atoms with van der Waals surface area (Å²) in [6.07, 6.45) is 0.456. The summed E-state index contributed by atoms with van der Waals surface area (Å²) in [5.74, 6) is 0.0646. The summed E-state index contributed by atoms with van der Waals surface area (Å²) < 4.78 is 0. The van der Waals surface area contributed by atoms with E-state index in [1.807, 2.05) is 0 Å². The quantitative estimate of drug-likeness (QED) is 0.483. The average Bonchev–Trinajstić information content (AvgIpc) is 2.39. The molecule has 0 atom stereocenters. The lowest BCUT2D eigenvalue weighted by atomic mass is 10.1. The van der Waals surface area contributed by atoms with Crippen LogP contribution < -0.4 is 5.43 Å². The van der Waals surface area contributed by atoms with Crippen LogP contribution in [0.2, 0.25) is 0 Å². The fourth-order valence-corrected chi connectivity index (χ4v) is 1.13. The standard InChI is InChI=1S/C12H10N4O/c1-2-12(17)9-3-5-10(6-4-9)15-16-11(7-13)8-14/h3-6,15H,2H2,1H3. The molecule has 0 unspecified atom stereocenters. The van der Waals surface area contributed by atoms with Crippen molar-refractivity contribution >= 4 is 17.2 Å². The second-order valence-electron chi connectivity index (χ2n) is 3.15. The van der Waals surface area contributed by atoms with Gasteiger partial charge in [0.05, 0.1) is 5.69 Å². The summed E-state index contributed by atoms with van der Waals surface area (Å²) in [5, 5.41) is 20.5. The Balaban J connectivity index is 2.77. The first-order valence-electron chi connectivity index (χ1n) is 4.98. The maximum Gasteiger partial charge on any atom is 0.237 e. The Morgan fingerprint density at radius 1 is 1.29 bits per heavy atom. The predicted molar refractivity (Wildman–Crippen MR) is 63.3 cm³/mol. The van der Waals surface area contributed by atoms with Crippen molar-refractivity contribution in [1.82, 2.24) is 0 Å². The van der Waals surface area contributed by atoms with Crippen LogP contribution in [0, 0.1) is 22.7 Å². The first-order chi connectivity index (χ1) is 8.21. The molecule has 0 aliphatic heterocycles. The van der Waals surface area contributed by atoms with Crippen LogP contribution in [0.5, 0.6) is 0 Å². The van der Waals surface area contributed by atoms with E-state index in [1.54, 1.807) is 43.3 Å². The summed E-state index contributed by atoms with van der Waals surface area (Å²) >= 11 is 0. The van der Waals surface area contributed by atoms with Crippen LogP contribution in [0.15, 0.2) is 29.4 Å². The van der Waals surface area contributed by atoms with E-state index < -0.39 is 0 Å². The molecule has 0 aromatic heterocycles. The van der Waals surface area contributed by atoms with Crippen molar-refractivity contribution in [1.29, 1.82) is 10.5 Å². The summed E-state index contributed by atoms with van der Waals surface area (Å²) in [6.45, 7) is 1.80. The smallest absolute Gasteiger partial charge is 0.237 e. The van der Waals surface area contributed by atoms with Crippen molar-refractivity contribution in [3.05, 3.63) is 29.8 Å². The molecule has 0 amide bonds. The predicted octanol–water partition coefficient (Wildman–Crippen LogP) is 2.09. The monoisotopic (exact) mass is 226 g/mol. The Bertz CT molecular complexity index is 501. The number of ketones is 1. The average molecular weight is 226 g/mol. The number of hydrazone groups is 1. The van der Waals surface area contributed by atoms with Crippen molar-refractivity contribution in [3.63, 3.8) is 0 Å². The highest BCUT2D eigenvalue weighted by Gasteiger charge is 2.02. The van der Waals surface area contributed by atoms with E-state index >= 15 is 0 Å². The van der Waals surface area contributed by atoms with E-state index in [0.717, 1.165) is 0 Å². The molecule has 0 bridgehead atoms. The van der Waals surface area contributed by atoms with E-state index in [4.69, 9.17) is 10.5 Å². The van der Waals surface area contributed by atoms with Gasteiger partial charge in [-0.2, -0.15) is 15.6 Å². The minimum absolute atomic E-state index is 0.0646. The second kappa shape index (κ2) is 6.04. The third-order valence-electron chi connectivity index (χ3n) is 2.04. The van der Waals surface area contributed by atoms with E-state index in [2.05, 4.69) is 10.5 Å². The number of rotatable bonds is 4. The number of carbonyl (C=O) groups excluding carboxylic acids is 1. The molecule has 0 saturated carbocycles. The van der Waals surface area contributed by atoms with Gasteiger partial charge >= 0.3 is 0 Å². The van der Waals surface area contributed by atoms with Gasteiger partial charge in [-0.05, 0) is 24.3 Å². The minimum atomic E-state index is -0.251. The van der Waals surface area contributed by atoms with Crippen LogP contribution in [0.3, 0.4) is 0 Å². The van der Waals surface area contributed by atoms with Crippen LogP contribution in [0.1, 0.15) is 23.7 Å². The topological polar surface area (TPSA) is 89.0 Å². The maximum absolute atomic E-state index is 11.3. The fraction of sp³-hybridized carbons (Fsp3) is 0.167. The highest BCUT2D eigenvalue weighted by molar-refractivity contribution is 6.10. The van der Waals surface area contributed by atoms with Crippen LogP contribution in [0.4, 0.5) is 5.69 Å². The molecule has 1 aromatic carbocycles. The van der Waals surface area contributed by atoms with E-state index in [1.165, 1.54) is 0 Å². The number of benzene rings is 1. The Morgan fingerprint density at radius 2 is 1.88 bits per heavy atom. The molecular formula is C12H10N4O. The lowest BCUT2D eigenvalue weighted by molar-refractivity contribution is 0.0988. The molecule has 84 valence electrons. The molecular weight excluding hydrogens is 216 g/mol. The van der Waals surface area contributed by atoms with Gasteiger partial charge in [-0.1, -0.05) is 6.92 Å². The first-order valence-corrected chi connectivity index (χ1v) is 4.98. The molecule has 1 N–H and O–H groups in total. The molecule has 5 nitrogen and oxygen atoms in total. The SMILES string of the molecule is CCC(=O)c1ccc(NN=C(C#N)C#N)cc1. The Hall–Kier alpha value is -2.66. The van der Waals surface area contributed by atoms with Crippen molar-refractivity contribution in [2.75, 3.05) is 5.43 Å². The molecule has 1 aromatic rings. The zero-order chi connectivity index (χ0) is 12.7. The van der Waals surface area contributed by atoms with Gasteiger partial charge in [0, 0.05) is 12.0 Å². The van der Waals surface area contributed by atoms with Gasteiger partial charge in [0.2, 0.25) is 5.71 Å². The molecule has 17 heavy (non-hydrogen) atoms. The van der Waals surface area contributed by atoms with Crippen molar-refractivity contribution in [2.24, 2.45) is 5.10 Å². The molecule has 0 saturated heterocycles. The lowest BCUT2D eigenvalue weighted by Gasteiger charge is -2.01. The Labute approximate surface area is 99.0 Å². The molecule has 0 aliphatic rings. The normalized spacial score (nSPS) is 8.65. The van der Waals surface area contributed by atoms with Crippen LogP contribution in [-0.2, 0) is 0 Å². The maximum atomic E-state index is 11.3. The van der Waals surface area contributed by atoms with E-state index in [-0.39, 0.29) is 11.5 Å². The number of nitrogens with zero attached hydrogens (tertiary/aromatic N) is 3. The van der Waals surface area contributed by atoms with Gasteiger partial charge in [-0.3, -0.25) is 10.2 Å². The fourth-order valence-electron chi connectivity index (χ4n) is 1.13. The number of nitriles is 2. The summed E-state index contributed by atoms with van der Waals surface area (Å²) in [4.78, 5) is 11.3. The number of carbonyl (C=O) groups is 1. The van der Waals surface area contributed by atoms with Crippen molar-refractivity contribution < 1.29 is 4.79 Å². The molecule has 1 rings (SSSR count). The third kappa shape index (κ3) is 3.44. The zero-order valence-electron chi connectivity index (χ0n) is 9.27. The van der Waals surface area contributed by atoms with Gasteiger partial charge in [0.1, 0.15) is 12.1 Å². The highest BCUT2D eigenvalue weighted by Crippen LogP contribution is 2.11. The highest BCUT2D eigenvalue weighted by atomic mass is 16.1. The molecule has 0 heterocycles. The molecule has 5 heteroatoms. The van der Waals surface area contributed by atoms with Gasteiger partial charge in [0.25, 0.3) is 0 Å². The van der Waals surface area contributed by atoms with Crippen LogP contribution in [-0.4, -0.2) is 11.5 Å². The molecule has 0 spiro atoms. The van der Waals surface area contributed by atoms with Gasteiger partial charge in [0.15, 0.2) is 5.78 Å². The van der Waals surface area contributed by atoms with Crippen molar-refractivity contribution in [2.45, 2.75) is 13.3 Å². The number of hydrogen-bond donors (Lipinski definition) is 1. The van der Waals surface area contributed by atoms with Crippen molar-refractivity contribution in [3.8, 4) is 12.1 Å². The van der Waals surface area contributed by atoms with E-state index in [9.17, 15) is 4.79 Å². The summed E-state index contributed by atoms with van der Waals surface area (Å²) in [5.41, 5.74) is 3.55. The number of anilines is 1. The van der Waals surface area contributed by atoms with Gasteiger partial charge < -0.3 is 0 Å². The number of nitrogens with one attached hydrogen (secondary N) is 1.